The smallest absolute Gasteiger partial charge is 0.186 e. The highest BCUT2D eigenvalue weighted by atomic mass is 16.5. The summed E-state index contributed by atoms with van der Waals surface area (Å²) < 4.78 is 8.84. The maximum Gasteiger partial charge on any atom is 0.186 e. The lowest BCUT2D eigenvalue weighted by Crippen LogP contribution is -2.00. The minimum atomic E-state index is 0.582. The Hall–Kier alpha value is -3.55. The Bertz CT molecular complexity index is 1230. The lowest BCUT2D eigenvalue weighted by molar-refractivity contribution is 0.399. The number of hydrogen-bond donors (Lipinski definition) is 0. The summed E-state index contributed by atoms with van der Waals surface area (Å²) in [6.07, 6.45) is 3.65. The molecule has 0 aliphatic heterocycles. The molecule has 5 aromatic rings. The molecule has 0 aliphatic carbocycles. The molecule has 0 saturated heterocycles. The van der Waals surface area contributed by atoms with E-state index >= 15 is 0 Å². The minimum Gasteiger partial charge on any atom is -0.361 e. The Morgan fingerprint density at radius 2 is 2.00 bits per heavy atom. The second-order valence-corrected chi connectivity index (χ2v) is 5.84. The molecule has 0 spiro atoms. The molecule has 5 rings (SSSR count). The number of aromatic nitrogens is 7. The number of fused-ring (bicyclic) bond motifs is 3. The van der Waals surface area contributed by atoms with E-state index in [2.05, 4.69) is 20.5 Å². The fourth-order valence-electron chi connectivity index (χ4n) is 2.97. The number of para-hydroxylation sites is 1. The number of aryl methyl sites for hydroxylation is 2. The molecule has 0 radical (unpaired) electrons. The Kier molecular flexibility index (Phi) is 2.75. The summed E-state index contributed by atoms with van der Waals surface area (Å²) in [5.74, 6) is 1.49. The first-order valence-corrected chi connectivity index (χ1v) is 7.78. The lowest BCUT2D eigenvalue weighted by atomic mass is 10.1. The number of hydrogen-bond acceptors (Lipinski definition) is 6. The molecule has 8 heteroatoms. The average molecular weight is 331 g/mol. The van der Waals surface area contributed by atoms with Gasteiger partial charge in [0.2, 0.25) is 0 Å². The summed E-state index contributed by atoms with van der Waals surface area (Å²) in [6.45, 7) is 1.84. The zero-order chi connectivity index (χ0) is 17.0. The van der Waals surface area contributed by atoms with E-state index in [1.54, 1.807) is 10.7 Å². The zero-order valence-corrected chi connectivity index (χ0v) is 13.6. The van der Waals surface area contributed by atoms with E-state index in [1.807, 2.05) is 55.1 Å². The summed E-state index contributed by atoms with van der Waals surface area (Å²) in [6, 6.07) is 9.75. The molecule has 0 unspecified atom stereocenters. The summed E-state index contributed by atoms with van der Waals surface area (Å²) >= 11 is 0. The van der Waals surface area contributed by atoms with Gasteiger partial charge in [-0.05, 0) is 13.0 Å². The maximum absolute atomic E-state index is 5.18. The van der Waals surface area contributed by atoms with Gasteiger partial charge in [0.25, 0.3) is 0 Å². The highest BCUT2D eigenvalue weighted by molar-refractivity contribution is 5.94. The predicted molar refractivity (Wildman–Crippen MR) is 90.7 cm³/mol. The second kappa shape index (κ2) is 4.97. The van der Waals surface area contributed by atoms with Gasteiger partial charge in [-0.25, -0.2) is 9.97 Å². The first-order chi connectivity index (χ1) is 12.2. The molecule has 8 nitrogen and oxygen atoms in total. The monoisotopic (exact) mass is 331 g/mol. The van der Waals surface area contributed by atoms with Gasteiger partial charge in [0.15, 0.2) is 17.2 Å². The molecule has 0 aliphatic rings. The molecule has 0 saturated carbocycles. The van der Waals surface area contributed by atoms with Crippen LogP contribution in [0, 0.1) is 6.92 Å². The van der Waals surface area contributed by atoms with Crippen LogP contribution in [0.1, 0.15) is 5.76 Å². The number of benzene rings is 1. The van der Waals surface area contributed by atoms with Gasteiger partial charge in [-0.15, -0.1) is 5.10 Å². The number of imidazole rings is 1. The van der Waals surface area contributed by atoms with Crippen molar-refractivity contribution in [2.24, 2.45) is 7.05 Å². The molecule has 0 N–H and O–H groups in total. The van der Waals surface area contributed by atoms with Crippen molar-refractivity contribution in [1.82, 2.24) is 34.5 Å². The van der Waals surface area contributed by atoms with E-state index in [-0.39, 0.29) is 0 Å². The van der Waals surface area contributed by atoms with Crippen LogP contribution in [0.2, 0.25) is 0 Å². The van der Waals surface area contributed by atoms with Gasteiger partial charge < -0.3 is 9.09 Å². The second-order valence-electron chi connectivity index (χ2n) is 5.84. The SMILES string of the molecule is Cc1cc(-c2nnn3c2nc(-c2nccn2C)c2ccccc23)no1. The van der Waals surface area contributed by atoms with Crippen molar-refractivity contribution in [2.45, 2.75) is 6.92 Å². The normalized spacial score (nSPS) is 11.6. The van der Waals surface area contributed by atoms with Crippen LogP contribution in [0.5, 0.6) is 0 Å². The van der Waals surface area contributed by atoms with Crippen molar-refractivity contribution in [2.75, 3.05) is 0 Å². The van der Waals surface area contributed by atoms with Crippen molar-refractivity contribution in [1.29, 1.82) is 0 Å². The van der Waals surface area contributed by atoms with Gasteiger partial charge >= 0.3 is 0 Å². The van der Waals surface area contributed by atoms with Crippen molar-refractivity contribution in [3.05, 3.63) is 48.5 Å². The third-order valence-electron chi connectivity index (χ3n) is 4.16. The minimum absolute atomic E-state index is 0.582. The van der Waals surface area contributed by atoms with E-state index in [4.69, 9.17) is 9.51 Å². The van der Waals surface area contributed by atoms with Gasteiger partial charge in [0, 0.05) is 30.9 Å². The van der Waals surface area contributed by atoms with Crippen molar-refractivity contribution < 1.29 is 4.52 Å². The highest BCUT2D eigenvalue weighted by Crippen LogP contribution is 2.29. The van der Waals surface area contributed by atoms with Crippen LogP contribution in [0.25, 0.3) is 39.5 Å². The van der Waals surface area contributed by atoms with Crippen LogP contribution in [0.15, 0.2) is 47.2 Å². The fourth-order valence-corrected chi connectivity index (χ4v) is 2.97. The van der Waals surface area contributed by atoms with Gasteiger partial charge in [0.05, 0.1) is 5.52 Å². The molecule has 0 amide bonds. The predicted octanol–water partition coefficient (Wildman–Crippen LogP) is 2.64. The van der Waals surface area contributed by atoms with E-state index in [9.17, 15) is 0 Å². The van der Waals surface area contributed by atoms with Gasteiger partial charge in [0.1, 0.15) is 17.1 Å². The van der Waals surface area contributed by atoms with Crippen molar-refractivity contribution in [3.63, 3.8) is 0 Å². The Morgan fingerprint density at radius 1 is 1.12 bits per heavy atom. The Balaban J connectivity index is 1.91. The third kappa shape index (κ3) is 1.97. The van der Waals surface area contributed by atoms with E-state index in [0.29, 0.717) is 22.8 Å². The van der Waals surface area contributed by atoms with E-state index < -0.39 is 0 Å². The zero-order valence-electron chi connectivity index (χ0n) is 13.6. The molecule has 0 atom stereocenters. The van der Waals surface area contributed by atoms with E-state index in [0.717, 1.165) is 22.4 Å². The van der Waals surface area contributed by atoms with Crippen LogP contribution >= 0.6 is 0 Å². The Morgan fingerprint density at radius 3 is 2.76 bits per heavy atom. The summed E-state index contributed by atoms with van der Waals surface area (Å²) in [5, 5.41) is 13.5. The molecule has 4 heterocycles. The molecular formula is C17H13N7O. The van der Waals surface area contributed by atoms with Crippen LogP contribution < -0.4 is 0 Å². The maximum atomic E-state index is 5.18. The summed E-state index contributed by atoms with van der Waals surface area (Å²) in [5.41, 5.74) is 3.49. The van der Waals surface area contributed by atoms with Gasteiger partial charge in [-0.2, -0.15) is 4.52 Å². The van der Waals surface area contributed by atoms with Crippen LogP contribution in [-0.2, 0) is 7.05 Å². The molecule has 0 bridgehead atoms. The molecule has 122 valence electrons. The van der Waals surface area contributed by atoms with Crippen molar-refractivity contribution in [3.8, 4) is 22.9 Å². The highest BCUT2D eigenvalue weighted by Gasteiger charge is 2.19. The number of nitrogens with zero attached hydrogens (tertiary/aromatic N) is 7. The van der Waals surface area contributed by atoms with Gasteiger partial charge in [-0.3, -0.25) is 0 Å². The molecule has 0 fully saturated rings. The number of rotatable bonds is 2. The summed E-state index contributed by atoms with van der Waals surface area (Å²) in [7, 11) is 1.94. The molecular weight excluding hydrogens is 318 g/mol. The summed E-state index contributed by atoms with van der Waals surface area (Å²) in [4.78, 5) is 9.28. The fraction of sp³-hybridized carbons (Fsp3) is 0.118. The topological polar surface area (TPSA) is 86.9 Å². The third-order valence-corrected chi connectivity index (χ3v) is 4.16. The molecule has 25 heavy (non-hydrogen) atoms. The first kappa shape index (κ1) is 13.8. The van der Waals surface area contributed by atoms with Crippen LogP contribution in [-0.4, -0.2) is 34.5 Å². The molecule has 1 aromatic carbocycles. The van der Waals surface area contributed by atoms with Gasteiger partial charge in [-0.1, -0.05) is 28.6 Å². The Labute approximate surface area is 141 Å². The van der Waals surface area contributed by atoms with Crippen LogP contribution in [0.3, 0.4) is 0 Å². The van der Waals surface area contributed by atoms with Crippen molar-refractivity contribution >= 4 is 16.6 Å². The lowest BCUT2D eigenvalue weighted by Gasteiger charge is -2.07. The van der Waals surface area contributed by atoms with E-state index in [1.165, 1.54) is 0 Å². The standard InChI is InChI=1S/C17H13N7O/c1-10-9-12(21-25-10)15-17-19-14(16-18-7-8-23(16)2)11-5-3-4-6-13(11)24(17)22-20-15/h3-9H,1-2H3. The quantitative estimate of drug-likeness (QED) is 0.494. The van der Waals surface area contributed by atoms with Crippen LogP contribution in [0.4, 0.5) is 0 Å². The average Bonchev–Trinajstić information content (AvgIpc) is 3.33. The molecule has 4 aromatic heterocycles. The first-order valence-electron chi connectivity index (χ1n) is 7.78. The largest absolute Gasteiger partial charge is 0.361 e.